The molecule has 168 valence electrons. The van der Waals surface area contributed by atoms with Crippen LogP contribution < -0.4 is 4.90 Å². The number of rotatable bonds is 8. The number of ether oxygens (including phenoxy) is 1. The summed E-state index contributed by atoms with van der Waals surface area (Å²) in [5.41, 5.74) is 3.18. The van der Waals surface area contributed by atoms with Crippen molar-refractivity contribution in [3.8, 4) is 0 Å². The monoisotopic (exact) mass is 436 g/mol. The molecule has 0 aromatic heterocycles. The summed E-state index contributed by atoms with van der Waals surface area (Å²) in [4.78, 5) is 38.1. The van der Waals surface area contributed by atoms with E-state index in [0.29, 0.717) is 23.2 Å². The number of carbonyl (C=O) groups is 2. The molecule has 2 amide bonds. The molecule has 2 atom stereocenters. The number of nitrogens with zero attached hydrogens (tertiary/aromatic N) is 2. The van der Waals surface area contributed by atoms with Crippen molar-refractivity contribution in [1.29, 1.82) is 0 Å². The molecule has 0 unspecified atom stereocenters. The summed E-state index contributed by atoms with van der Waals surface area (Å²) in [6.07, 6.45) is 1.75. The highest BCUT2D eigenvalue weighted by Crippen LogP contribution is 2.44. The lowest BCUT2D eigenvalue weighted by Gasteiger charge is -2.27. The van der Waals surface area contributed by atoms with Gasteiger partial charge in [0.2, 0.25) is 6.54 Å². The summed E-state index contributed by atoms with van der Waals surface area (Å²) in [7, 11) is 1.24. The maximum Gasteiger partial charge on any atom is 0.421 e. The van der Waals surface area contributed by atoms with Crippen LogP contribution >= 0.6 is 0 Å². The molecular weight excluding hydrogens is 408 g/mol. The summed E-state index contributed by atoms with van der Waals surface area (Å²) in [6.45, 7) is 3.69. The minimum atomic E-state index is -0.750. The van der Waals surface area contributed by atoms with Crippen LogP contribution in [0.15, 0.2) is 60.2 Å². The number of fused-ring (bicyclic) bond motifs is 1. The first-order chi connectivity index (χ1) is 15.4. The molecule has 3 rings (SSSR count). The second-order valence-corrected chi connectivity index (χ2v) is 7.97. The number of anilines is 1. The van der Waals surface area contributed by atoms with Gasteiger partial charge in [-0.15, -0.1) is 0 Å². The van der Waals surface area contributed by atoms with Crippen molar-refractivity contribution in [3.05, 3.63) is 81.4 Å². The first-order valence-corrected chi connectivity index (χ1v) is 10.8. The number of allylic oxidation sites excluding steroid dienone is 1. The number of carbonyl (C=O) groups excluding carboxylic acids is 2. The molecule has 2 aromatic carbocycles. The van der Waals surface area contributed by atoms with Gasteiger partial charge in [-0.2, -0.15) is 0 Å². The largest absolute Gasteiger partial charge is 0.452 e. The summed E-state index contributed by atoms with van der Waals surface area (Å²) >= 11 is 0. The van der Waals surface area contributed by atoms with Crippen molar-refractivity contribution in [3.63, 3.8) is 0 Å². The normalized spacial score (nSPS) is 16.3. The van der Waals surface area contributed by atoms with Gasteiger partial charge in [0.1, 0.15) is 0 Å². The van der Waals surface area contributed by atoms with Crippen LogP contribution in [0.2, 0.25) is 0 Å². The number of hydrogen-bond donors (Lipinski definition) is 0. The van der Waals surface area contributed by atoms with Gasteiger partial charge in [0.25, 0.3) is 5.91 Å². The predicted molar refractivity (Wildman–Crippen MR) is 123 cm³/mol. The van der Waals surface area contributed by atoms with E-state index in [-0.39, 0.29) is 17.4 Å². The van der Waals surface area contributed by atoms with Crippen LogP contribution in [0.3, 0.4) is 0 Å². The SMILES string of the molecule is CCCC[C@@H](/C(C)=C1\C(=O)N(C(=O)OC)c2ccccc21)[C@@H](C[N+](=O)[O-])c1ccccc1. The fourth-order valence-corrected chi connectivity index (χ4v) is 4.52. The Hall–Kier alpha value is -3.48. The van der Waals surface area contributed by atoms with E-state index in [9.17, 15) is 19.7 Å². The van der Waals surface area contributed by atoms with E-state index in [0.717, 1.165) is 28.9 Å². The Balaban J connectivity index is 2.17. The fraction of sp³-hybridized carbons (Fsp3) is 0.360. The molecule has 0 spiro atoms. The molecule has 1 aliphatic rings. The van der Waals surface area contributed by atoms with Gasteiger partial charge in [0.05, 0.1) is 18.7 Å². The van der Waals surface area contributed by atoms with Gasteiger partial charge in [-0.05, 0) is 30.9 Å². The Bertz CT molecular complexity index is 1030. The molecule has 0 bridgehead atoms. The molecule has 1 aliphatic heterocycles. The van der Waals surface area contributed by atoms with E-state index in [1.54, 1.807) is 18.2 Å². The Kier molecular flexibility index (Phi) is 7.41. The number of imide groups is 1. The van der Waals surface area contributed by atoms with Gasteiger partial charge in [0.15, 0.2) is 0 Å². The maximum absolute atomic E-state index is 13.4. The molecule has 0 saturated heterocycles. The van der Waals surface area contributed by atoms with Crippen molar-refractivity contribution in [2.75, 3.05) is 18.6 Å². The smallest absolute Gasteiger partial charge is 0.421 e. The molecule has 7 heteroatoms. The third-order valence-electron chi connectivity index (χ3n) is 6.07. The van der Waals surface area contributed by atoms with Crippen LogP contribution in [0.1, 0.15) is 50.2 Å². The molecule has 7 nitrogen and oxygen atoms in total. The van der Waals surface area contributed by atoms with E-state index in [2.05, 4.69) is 6.92 Å². The quantitative estimate of drug-likeness (QED) is 0.312. The molecule has 0 N–H and O–H groups in total. The van der Waals surface area contributed by atoms with Crippen molar-refractivity contribution < 1.29 is 19.2 Å². The Labute approximate surface area is 187 Å². The Morgan fingerprint density at radius 1 is 1.12 bits per heavy atom. The van der Waals surface area contributed by atoms with E-state index < -0.39 is 17.9 Å². The van der Waals surface area contributed by atoms with E-state index >= 15 is 0 Å². The molecule has 0 saturated carbocycles. The summed E-state index contributed by atoms with van der Waals surface area (Å²) in [5, 5.41) is 11.6. The lowest BCUT2D eigenvalue weighted by Crippen LogP contribution is -2.33. The molecule has 1 heterocycles. The van der Waals surface area contributed by atoms with Gasteiger partial charge < -0.3 is 4.74 Å². The zero-order valence-corrected chi connectivity index (χ0v) is 18.6. The summed E-state index contributed by atoms with van der Waals surface area (Å²) in [6, 6.07) is 16.5. The van der Waals surface area contributed by atoms with E-state index in [1.165, 1.54) is 7.11 Å². The van der Waals surface area contributed by atoms with Crippen molar-refractivity contribution in [2.24, 2.45) is 5.92 Å². The first-order valence-electron chi connectivity index (χ1n) is 10.8. The summed E-state index contributed by atoms with van der Waals surface area (Å²) < 4.78 is 4.84. The molecule has 2 aromatic rings. The number of nitro groups is 1. The Morgan fingerprint density at radius 3 is 2.41 bits per heavy atom. The molecule has 0 aliphatic carbocycles. The predicted octanol–water partition coefficient (Wildman–Crippen LogP) is 5.44. The number of para-hydroxylation sites is 1. The fourth-order valence-electron chi connectivity index (χ4n) is 4.52. The minimum Gasteiger partial charge on any atom is -0.452 e. The zero-order valence-electron chi connectivity index (χ0n) is 18.6. The van der Waals surface area contributed by atoms with Crippen LogP contribution in [0.25, 0.3) is 5.57 Å². The van der Waals surface area contributed by atoms with Crippen LogP contribution in [-0.2, 0) is 9.53 Å². The Morgan fingerprint density at radius 2 is 1.78 bits per heavy atom. The highest BCUT2D eigenvalue weighted by molar-refractivity contribution is 6.39. The topological polar surface area (TPSA) is 89.8 Å². The van der Waals surface area contributed by atoms with Crippen LogP contribution in [0, 0.1) is 16.0 Å². The van der Waals surface area contributed by atoms with Crippen LogP contribution in [0.5, 0.6) is 0 Å². The third-order valence-corrected chi connectivity index (χ3v) is 6.07. The molecule has 0 radical (unpaired) electrons. The lowest BCUT2D eigenvalue weighted by atomic mass is 9.76. The van der Waals surface area contributed by atoms with Crippen molar-refractivity contribution in [1.82, 2.24) is 0 Å². The highest BCUT2D eigenvalue weighted by atomic mass is 16.6. The van der Waals surface area contributed by atoms with Gasteiger partial charge in [-0.3, -0.25) is 14.9 Å². The summed E-state index contributed by atoms with van der Waals surface area (Å²) in [5.74, 6) is -1.07. The lowest BCUT2D eigenvalue weighted by molar-refractivity contribution is -0.484. The minimum absolute atomic E-state index is 0.229. The van der Waals surface area contributed by atoms with E-state index in [1.807, 2.05) is 43.3 Å². The maximum atomic E-state index is 13.4. The average Bonchev–Trinajstić information content (AvgIpc) is 3.09. The number of benzene rings is 2. The number of unbranched alkanes of at least 4 members (excludes halogenated alkanes) is 1. The molecule has 0 fully saturated rings. The van der Waals surface area contributed by atoms with Gasteiger partial charge >= 0.3 is 6.09 Å². The van der Waals surface area contributed by atoms with Crippen molar-refractivity contribution >= 4 is 23.3 Å². The highest BCUT2D eigenvalue weighted by Gasteiger charge is 2.40. The molecule has 32 heavy (non-hydrogen) atoms. The van der Waals surface area contributed by atoms with Crippen molar-refractivity contribution in [2.45, 2.75) is 39.0 Å². The third kappa shape index (κ3) is 4.56. The number of hydrogen-bond acceptors (Lipinski definition) is 5. The van der Waals surface area contributed by atoms with Gasteiger partial charge in [-0.25, -0.2) is 9.69 Å². The second kappa shape index (κ2) is 10.2. The first kappa shape index (κ1) is 23.2. The zero-order chi connectivity index (χ0) is 23.3. The van der Waals surface area contributed by atoms with Gasteiger partial charge in [0, 0.05) is 16.1 Å². The molecular formula is C25H28N2O5. The average molecular weight is 437 g/mol. The standard InChI is InChI=1S/C25H28N2O5/c1-4-5-13-19(21(16-26(30)31)18-11-7-6-8-12-18)17(2)23-20-14-9-10-15-22(20)27(24(23)28)25(29)32-3/h6-12,14-15,19,21H,4-5,13,16H2,1-3H3/b23-17-/t19-,21-/m0/s1. The van der Waals surface area contributed by atoms with Crippen LogP contribution in [0.4, 0.5) is 10.5 Å². The van der Waals surface area contributed by atoms with Gasteiger partial charge in [-0.1, -0.05) is 73.9 Å². The van der Waals surface area contributed by atoms with E-state index in [4.69, 9.17) is 4.74 Å². The number of methoxy groups -OCH3 is 1. The number of amides is 2. The van der Waals surface area contributed by atoms with Crippen LogP contribution in [-0.4, -0.2) is 30.6 Å². The second-order valence-electron chi connectivity index (χ2n) is 7.97.